The number of halogens is 1. The molecule has 0 aromatic rings. The zero-order chi connectivity index (χ0) is 13.1. The van der Waals surface area contributed by atoms with Gasteiger partial charge in [0.25, 0.3) is 0 Å². The van der Waals surface area contributed by atoms with Gasteiger partial charge in [-0.15, -0.1) is 12.4 Å². The first-order valence-corrected chi connectivity index (χ1v) is 8.34. The minimum atomic E-state index is 0. The van der Waals surface area contributed by atoms with Crippen LogP contribution in [0.2, 0.25) is 0 Å². The van der Waals surface area contributed by atoms with Crippen LogP contribution in [-0.2, 0) is 4.79 Å². The highest BCUT2D eigenvalue weighted by Gasteiger charge is 2.34. The van der Waals surface area contributed by atoms with Crippen LogP contribution in [0.3, 0.4) is 0 Å². The number of carbonyl (C=O) groups is 1. The van der Waals surface area contributed by atoms with Crippen LogP contribution in [0.25, 0.3) is 0 Å². The summed E-state index contributed by atoms with van der Waals surface area (Å²) in [6, 6.07) is 0.697. The van der Waals surface area contributed by atoms with E-state index in [1.807, 2.05) is 0 Å². The topological polar surface area (TPSA) is 32.3 Å². The molecule has 1 amide bonds. The van der Waals surface area contributed by atoms with E-state index in [2.05, 4.69) is 10.2 Å². The third kappa shape index (κ3) is 3.88. The molecule has 116 valence electrons. The van der Waals surface area contributed by atoms with Crippen molar-refractivity contribution < 1.29 is 4.79 Å². The van der Waals surface area contributed by atoms with E-state index in [0.29, 0.717) is 11.9 Å². The molecule has 2 saturated heterocycles. The number of nitrogens with one attached hydrogen (secondary N) is 1. The van der Waals surface area contributed by atoms with Crippen LogP contribution in [0.5, 0.6) is 0 Å². The Hall–Kier alpha value is -0.280. The molecule has 0 radical (unpaired) electrons. The van der Waals surface area contributed by atoms with Crippen molar-refractivity contribution >= 4 is 18.3 Å². The molecule has 1 N–H and O–H groups in total. The monoisotopic (exact) mass is 300 g/mol. The summed E-state index contributed by atoms with van der Waals surface area (Å²) in [4.78, 5) is 14.5. The largest absolute Gasteiger partial charge is 0.342 e. The molecule has 3 nitrogen and oxygen atoms in total. The molecule has 0 bridgehead atoms. The number of amides is 1. The summed E-state index contributed by atoms with van der Waals surface area (Å²) in [6.07, 6.45) is 11.3. The van der Waals surface area contributed by atoms with E-state index in [4.69, 9.17) is 0 Å². The van der Waals surface area contributed by atoms with Gasteiger partial charge < -0.3 is 10.2 Å². The van der Waals surface area contributed by atoms with Crippen molar-refractivity contribution in [1.82, 2.24) is 10.2 Å². The van der Waals surface area contributed by atoms with Gasteiger partial charge in [-0.05, 0) is 37.6 Å². The molecule has 3 rings (SSSR count). The van der Waals surface area contributed by atoms with Crippen molar-refractivity contribution in [2.75, 3.05) is 19.6 Å². The molecule has 0 aromatic heterocycles. The summed E-state index contributed by atoms with van der Waals surface area (Å²) < 4.78 is 0. The van der Waals surface area contributed by atoms with Crippen molar-refractivity contribution in [2.45, 2.75) is 63.8 Å². The lowest BCUT2D eigenvalue weighted by Gasteiger charge is -2.35. The minimum absolute atomic E-state index is 0. The lowest BCUT2D eigenvalue weighted by Crippen LogP contribution is -2.46. The van der Waals surface area contributed by atoms with Crippen LogP contribution in [-0.4, -0.2) is 36.5 Å². The van der Waals surface area contributed by atoms with E-state index in [-0.39, 0.29) is 12.4 Å². The third-order valence-corrected chi connectivity index (χ3v) is 5.50. The Morgan fingerprint density at radius 2 is 1.90 bits per heavy atom. The molecule has 2 atom stereocenters. The Bertz CT molecular complexity index is 318. The fourth-order valence-electron chi connectivity index (χ4n) is 4.24. The number of likely N-dealkylation sites (tertiary alicyclic amines) is 1. The van der Waals surface area contributed by atoms with Crippen LogP contribution >= 0.6 is 12.4 Å². The molecule has 3 fully saturated rings. The smallest absolute Gasteiger partial charge is 0.222 e. The second kappa shape index (κ2) is 7.65. The SMILES string of the molecule is Cl.O=C(CCC1CCCCC1)N1CCC2NCCC2C1. The molecule has 2 heterocycles. The van der Waals surface area contributed by atoms with E-state index in [0.717, 1.165) is 44.3 Å². The first-order chi connectivity index (χ1) is 9.33. The molecular weight excluding hydrogens is 272 g/mol. The van der Waals surface area contributed by atoms with Crippen LogP contribution in [0.4, 0.5) is 0 Å². The molecular formula is C16H29ClN2O. The highest BCUT2D eigenvalue weighted by atomic mass is 35.5. The van der Waals surface area contributed by atoms with Gasteiger partial charge in [-0.25, -0.2) is 0 Å². The Morgan fingerprint density at radius 1 is 1.10 bits per heavy atom. The molecule has 1 aliphatic carbocycles. The van der Waals surface area contributed by atoms with Crippen LogP contribution < -0.4 is 5.32 Å². The quantitative estimate of drug-likeness (QED) is 0.869. The predicted octanol–water partition coefficient (Wildman–Crippen LogP) is 2.98. The predicted molar refractivity (Wildman–Crippen MR) is 84.2 cm³/mol. The Balaban J connectivity index is 0.00000147. The number of fused-ring (bicyclic) bond motifs is 1. The zero-order valence-corrected chi connectivity index (χ0v) is 13.3. The summed E-state index contributed by atoms with van der Waals surface area (Å²) in [5, 5.41) is 3.56. The number of carbonyl (C=O) groups excluding carboxylic acids is 1. The fourth-order valence-corrected chi connectivity index (χ4v) is 4.24. The van der Waals surface area contributed by atoms with Crippen molar-refractivity contribution in [1.29, 1.82) is 0 Å². The summed E-state index contributed by atoms with van der Waals surface area (Å²) >= 11 is 0. The van der Waals surface area contributed by atoms with E-state index in [1.165, 1.54) is 44.9 Å². The van der Waals surface area contributed by atoms with E-state index in [9.17, 15) is 4.79 Å². The van der Waals surface area contributed by atoms with Crippen molar-refractivity contribution in [3.8, 4) is 0 Å². The summed E-state index contributed by atoms with van der Waals surface area (Å²) in [7, 11) is 0. The number of hydrogen-bond acceptors (Lipinski definition) is 2. The summed E-state index contributed by atoms with van der Waals surface area (Å²) in [5.41, 5.74) is 0. The highest BCUT2D eigenvalue weighted by molar-refractivity contribution is 5.85. The van der Waals surface area contributed by atoms with Gasteiger partial charge >= 0.3 is 0 Å². The molecule has 3 aliphatic rings. The lowest BCUT2D eigenvalue weighted by molar-refractivity contribution is -0.133. The maximum Gasteiger partial charge on any atom is 0.222 e. The van der Waals surface area contributed by atoms with Gasteiger partial charge in [-0.1, -0.05) is 32.1 Å². The molecule has 2 unspecified atom stereocenters. The Morgan fingerprint density at radius 3 is 2.70 bits per heavy atom. The van der Waals surface area contributed by atoms with Crippen LogP contribution in [0.15, 0.2) is 0 Å². The first kappa shape index (κ1) is 16.1. The maximum absolute atomic E-state index is 12.3. The number of rotatable bonds is 3. The van der Waals surface area contributed by atoms with E-state index >= 15 is 0 Å². The van der Waals surface area contributed by atoms with E-state index in [1.54, 1.807) is 0 Å². The highest BCUT2D eigenvalue weighted by Crippen LogP contribution is 2.29. The first-order valence-electron chi connectivity index (χ1n) is 8.34. The van der Waals surface area contributed by atoms with Crippen molar-refractivity contribution in [3.05, 3.63) is 0 Å². The number of piperidine rings is 1. The Labute approximate surface area is 129 Å². The molecule has 2 aliphatic heterocycles. The zero-order valence-electron chi connectivity index (χ0n) is 12.5. The Kier molecular flexibility index (Phi) is 6.16. The second-order valence-corrected chi connectivity index (χ2v) is 6.78. The maximum atomic E-state index is 12.3. The van der Waals surface area contributed by atoms with Crippen molar-refractivity contribution in [3.63, 3.8) is 0 Å². The van der Waals surface area contributed by atoms with Gasteiger partial charge in [-0.3, -0.25) is 4.79 Å². The molecule has 0 aromatic carbocycles. The number of nitrogens with zero attached hydrogens (tertiary/aromatic N) is 1. The molecule has 20 heavy (non-hydrogen) atoms. The third-order valence-electron chi connectivity index (χ3n) is 5.50. The van der Waals surface area contributed by atoms with Gasteiger partial charge in [0, 0.05) is 25.6 Å². The van der Waals surface area contributed by atoms with Gasteiger partial charge in [0.05, 0.1) is 0 Å². The lowest BCUT2D eigenvalue weighted by atomic mass is 9.86. The second-order valence-electron chi connectivity index (χ2n) is 6.78. The standard InChI is InChI=1S/C16H28N2O.ClH/c19-16(7-6-13-4-2-1-3-5-13)18-11-9-15-14(12-18)8-10-17-15;/h13-15,17H,1-12H2;1H. The van der Waals surface area contributed by atoms with Crippen LogP contribution in [0.1, 0.15) is 57.8 Å². The van der Waals surface area contributed by atoms with Crippen LogP contribution in [0, 0.1) is 11.8 Å². The van der Waals surface area contributed by atoms with Gasteiger partial charge in [-0.2, -0.15) is 0 Å². The van der Waals surface area contributed by atoms with E-state index < -0.39 is 0 Å². The van der Waals surface area contributed by atoms with Gasteiger partial charge in [0.2, 0.25) is 5.91 Å². The summed E-state index contributed by atoms with van der Waals surface area (Å²) in [5.74, 6) is 1.99. The normalized spacial score (nSPS) is 30.7. The van der Waals surface area contributed by atoms with Gasteiger partial charge in [0.1, 0.15) is 0 Å². The average molecular weight is 301 g/mol. The molecule has 0 spiro atoms. The average Bonchev–Trinajstić information content (AvgIpc) is 2.93. The van der Waals surface area contributed by atoms with Gasteiger partial charge in [0.15, 0.2) is 0 Å². The number of hydrogen-bond donors (Lipinski definition) is 1. The minimum Gasteiger partial charge on any atom is -0.342 e. The molecule has 4 heteroatoms. The summed E-state index contributed by atoms with van der Waals surface area (Å²) in [6.45, 7) is 3.15. The van der Waals surface area contributed by atoms with Crippen molar-refractivity contribution in [2.24, 2.45) is 11.8 Å². The fraction of sp³-hybridized carbons (Fsp3) is 0.938. The molecule has 1 saturated carbocycles.